The van der Waals surface area contributed by atoms with Gasteiger partial charge in [0.1, 0.15) is 0 Å². The van der Waals surface area contributed by atoms with Crippen LogP contribution < -0.4 is 11.1 Å². The van der Waals surface area contributed by atoms with Gasteiger partial charge in [0.05, 0.1) is 11.5 Å². The minimum Gasteiger partial charge on any atom is -0.344 e. The third kappa shape index (κ3) is 2.74. The molecule has 21 heavy (non-hydrogen) atoms. The Kier molecular flexibility index (Phi) is 4.08. The highest BCUT2D eigenvalue weighted by molar-refractivity contribution is 7.10. The van der Waals surface area contributed by atoms with Gasteiger partial charge in [-0.1, -0.05) is 42.8 Å². The summed E-state index contributed by atoms with van der Waals surface area (Å²) < 4.78 is 0. The van der Waals surface area contributed by atoms with Crippen LogP contribution in [0.25, 0.3) is 0 Å². The maximum Gasteiger partial charge on any atom is 0.228 e. The largest absolute Gasteiger partial charge is 0.344 e. The predicted octanol–water partition coefficient (Wildman–Crippen LogP) is 3.08. The predicted molar refractivity (Wildman–Crippen MR) is 86.1 cm³/mol. The van der Waals surface area contributed by atoms with Crippen molar-refractivity contribution in [1.82, 2.24) is 5.32 Å². The van der Waals surface area contributed by atoms with E-state index < -0.39 is 0 Å². The van der Waals surface area contributed by atoms with Crippen LogP contribution in [0, 0.1) is 5.41 Å². The molecular formula is C17H20N2OS. The van der Waals surface area contributed by atoms with Crippen molar-refractivity contribution in [2.24, 2.45) is 11.1 Å². The van der Waals surface area contributed by atoms with Crippen molar-refractivity contribution >= 4 is 17.2 Å². The van der Waals surface area contributed by atoms with Gasteiger partial charge in [-0.05, 0) is 29.9 Å². The molecule has 0 radical (unpaired) electrons. The minimum absolute atomic E-state index is 0.0808. The summed E-state index contributed by atoms with van der Waals surface area (Å²) >= 11 is 1.67. The van der Waals surface area contributed by atoms with Gasteiger partial charge in [-0.15, -0.1) is 11.3 Å². The molecule has 0 spiro atoms. The number of carbonyl (C=O) groups is 1. The zero-order valence-electron chi connectivity index (χ0n) is 11.9. The second-order valence-corrected chi connectivity index (χ2v) is 6.65. The van der Waals surface area contributed by atoms with E-state index >= 15 is 0 Å². The quantitative estimate of drug-likeness (QED) is 0.891. The summed E-state index contributed by atoms with van der Waals surface area (Å²) in [5, 5.41) is 5.26. The van der Waals surface area contributed by atoms with Crippen LogP contribution in [-0.2, 0) is 4.79 Å². The third-order valence-corrected chi connectivity index (χ3v) is 5.36. The van der Waals surface area contributed by atoms with Crippen molar-refractivity contribution in [1.29, 1.82) is 0 Å². The molecule has 0 saturated heterocycles. The molecule has 0 bridgehead atoms. The molecule has 1 fully saturated rings. The van der Waals surface area contributed by atoms with E-state index in [0.29, 0.717) is 6.54 Å². The van der Waals surface area contributed by atoms with Crippen LogP contribution in [0.5, 0.6) is 0 Å². The molecule has 1 aliphatic carbocycles. The Balaban J connectivity index is 1.85. The first-order chi connectivity index (χ1) is 10.2. The Morgan fingerprint density at radius 3 is 2.52 bits per heavy atom. The van der Waals surface area contributed by atoms with Crippen molar-refractivity contribution < 1.29 is 4.79 Å². The fourth-order valence-corrected chi connectivity index (χ4v) is 3.63. The van der Waals surface area contributed by atoms with E-state index in [4.69, 9.17) is 5.73 Å². The number of thiophene rings is 1. The number of nitrogens with two attached hydrogens (primary N) is 1. The van der Waals surface area contributed by atoms with Crippen LogP contribution >= 0.6 is 11.3 Å². The zero-order valence-corrected chi connectivity index (χ0v) is 12.7. The number of nitrogens with one attached hydrogen (secondary N) is 1. The number of carbonyl (C=O) groups excluding carboxylic acids is 1. The first kappa shape index (κ1) is 14.3. The average molecular weight is 300 g/mol. The molecule has 1 aromatic heterocycles. The van der Waals surface area contributed by atoms with E-state index in [1.165, 1.54) is 0 Å². The molecule has 110 valence electrons. The SMILES string of the molecule is NCC1(C(=O)NC(c2ccccc2)c2cccs2)CCC1. The van der Waals surface area contributed by atoms with Gasteiger partial charge >= 0.3 is 0 Å². The number of hydrogen-bond acceptors (Lipinski definition) is 3. The second-order valence-electron chi connectivity index (χ2n) is 5.67. The lowest BCUT2D eigenvalue weighted by Crippen LogP contribution is -2.51. The van der Waals surface area contributed by atoms with Gasteiger partial charge in [0.25, 0.3) is 0 Å². The van der Waals surface area contributed by atoms with Crippen molar-refractivity contribution in [3.63, 3.8) is 0 Å². The molecular weight excluding hydrogens is 280 g/mol. The Morgan fingerprint density at radius 1 is 1.24 bits per heavy atom. The van der Waals surface area contributed by atoms with Gasteiger partial charge in [0, 0.05) is 11.4 Å². The molecule has 3 N–H and O–H groups in total. The van der Waals surface area contributed by atoms with Crippen molar-refractivity contribution in [2.75, 3.05) is 6.54 Å². The molecule has 0 aliphatic heterocycles. The summed E-state index contributed by atoms with van der Waals surface area (Å²) in [6.45, 7) is 0.435. The fraction of sp³-hybridized carbons (Fsp3) is 0.353. The summed E-state index contributed by atoms with van der Waals surface area (Å²) in [5.74, 6) is 0.0958. The minimum atomic E-state index is -0.343. The van der Waals surface area contributed by atoms with E-state index in [0.717, 1.165) is 29.7 Å². The van der Waals surface area contributed by atoms with Crippen LogP contribution in [0.2, 0.25) is 0 Å². The van der Waals surface area contributed by atoms with Crippen molar-refractivity contribution in [2.45, 2.75) is 25.3 Å². The van der Waals surface area contributed by atoms with E-state index in [-0.39, 0.29) is 17.4 Å². The zero-order chi connectivity index (χ0) is 14.7. The first-order valence-electron chi connectivity index (χ1n) is 7.34. The highest BCUT2D eigenvalue weighted by Gasteiger charge is 2.43. The molecule has 1 heterocycles. The van der Waals surface area contributed by atoms with Gasteiger partial charge in [0.2, 0.25) is 5.91 Å². The lowest BCUT2D eigenvalue weighted by Gasteiger charge is -2.40. The highest BCUT2D eigenvalue weighted by Crippen LogP contribution is 2.41. The third-order valence-electron chi connectivity index (χ3n) is 4.42. The molecule has 2 aromatic rings. The van der Waals surface area contributed by atoms with Gasteiger partial charge in [-0.3, -0.25) is 4.79 Å². The Hall–Kier alpha value is -1.65. The van der Waals surface area contributed by atoms with Crippen LogP contribution in [0.1, 0.15) is 35.7 Å². The summed E-state index contributed by atoms with van der Waals surface area (Å²) in [7, 11) is 0. The Morgan fingerprint density at radius 2 is 2.00 bits per heavy atom. The van der Waals surface area contributed by atoms with Crippen molar-refractivity contribution in [3.05, 3.63) is 58.3 Å². The van der Waals surface area contributed by atoms with Gasteiger partial charge in [-0.25, -0.2) is 0 Å². The maximum absolute atomic E-state index is 12.7. The van der Waals surface area contributed by atoms with E-state index in [2.05, 4.69) is 23.5 Å². The van der Waals surface area contributed by atoms with Crippen LogP contribution in [0.3, 0.4) is 0 Å². The van der Waals surface area contributed by atoms with Gasteiger partial charge in [-0.2, -0.15) is 0 Å². The molecule has 1 unspecified atom stereocenters. The summed E-state index contributed by atoms with van der Waals surface area (Å²) in [5.41, 5.74) is 6.61. The lowest BCUT2D eigenvalue weighted by atomic mass is 9.68. The topological polar surface area (TPSA) is 55.1 Å². The fourth-order valence-electron chi connectivity index (χ4n) is 2.83. The smallest absolute Gasteiger partial charge is 0.228 e. The lowest BCUT2D eigenvalue weighted by molar-refractivity contribution is -0.135. The average Bonchev–Trinajstić information content (AvgIpc) is 2.99. The first-order valence-corrected chi connectivity index (χ1v) is 8.22. The molecule has 3 nitrogen and oxygen atoms in total. The standard InChI is InChI=1S/C17H20N2OS/c18-12-17(9-5-10-17)16(20)19-15(14-8-4-11-21-14)13-6-2-1-3-7-13/h1-4,6-8,11,15H,5,9-10,12,18H2,(H,19,20). The van der Waals surface area contributed by atoms with Gasteiger partial charge < -0.3 is 11.1 Å². The molecule has 3 rings (SSSR count). The Bertz CT molecular complexity index is 585. The maximum atomic E-state index is 12.7. The van der Waals surface area contributed by atoms with Crippen LogP contribution in [0.4, 0.5) is 0 Å². The molecule has 4 heteroatoms. The molecule has 1 aromatic carbocycles. The summed E-state index contributed by atoms with van der Waals surface area (Å²) in [6.07, 6.45) is 2.90. The highest BCUT2D eigenvalue weighted by atomic mass is 32.1. The molecule has 1 aliphatic rings. The normalized spacial score (nSPS) is 17.8. The Labute approximate surface area is 129 Å². The second kappa shape index (κ2) is 6.00. The molecule has 1 atom stereocenters. The monoisotopic (exact) mass is 300 g/mol. The van der Waals surface area contributed by atoms with Crippen LogP contribution in [-0.4, -0.2) is 12.5 Å². The van der Waals surface area contributed by atoms with E-state index in [1.807, 2.05) is 29.6 Å². The number of benzene rings is 1. The summed E-state index contributed by atoms with van der Waals surface area (Å²) in [6, 6.07) is 14.1. The number of rotatable bonds is 5. The summed E-state index contributed by atoms with van der Waals surface area (Å²) in [4.78, 5) is 13.8. The molecule has 1 saturated carbocycles. The van der Waals surface area contributed by atoms with E-state index in [9.17, 15) is 4.79 Å². The van der Waals surface area contributed by atoms with E-state index in [1.54, 1.807) is 11.3 Å². The molecule has 1 amide bonds. The number of hydrogen-bond donors (Lipinski definition) is 2. The van der Waals surface area contributed by atoms with Gasteiger partial charge in [0.15, 0.2) is 0 Å². The number of amides is 1. The van der Waals surface area contributed by atoms with Crippen LogP contribution in [0.15, 0.2) is 47.8 Å². The van der Waals surface area contributed by atoms with Crippen molar-refractivity contribution in [3.8, 4) is 0 Å².